The molecule has 0 saturated carbocycles. The quantitative estimate of drug-likeness (QED) is 0.315. The largest absolute Gasteiger partial charge is 0.503 e. The van der Waals surface area contributed by atoms with Crippen molar-refractivity contribution in [3.05, 3.63) is 46.4 Å². The van der Waals surface area contributed by atoms with Crippen molar-refractivity contribution in [2.75, 3.05) is 18.5 Å². The van der Waals surface area contributed by atoms with Gasteiger partial charge in [-0.2, -0.15) is 5.10 Å². The molecule has 0 atom stereocenters. The van der Waals surface area contributed by atoms with Crippen molar-refractivity contribution in [2.45, 2.75) is 20.3 Å². The first-order valence-electron chi connectivity index (χ1n) is 8.97. The van der Waals surface area contributed by atoms with E-state index in [-0.39, 0.29) is 11.5 Å². The molecular formula is C20H22BrN3O5. The number of aromatic hydroxyl groups is 1. The molecule has 2 rings (SSSR count). The summed E-state index contributed by atoms with van der Waals surface area (Å²) in [5, 5.41) is 16.1. The Labute approximate surface area is 177 Å². The highest BCUT2D eigenvalue weighted by atomic mass is 79.9. The number of carbonyl (C=O) groups excluding carboxylic acids is 2. The highest BCUT2D eigenvalue weighted by molar-refractivity contribution is 9.10. The van der Waals surface area contributed by atoms with Gasteiger partial charge in [0.25, 0.3) is 0 Å². The second kappa shape index (κ2) is 11.1. The average molecular weight is 464 g/mol. The van der Waals surface area contributed by atoms with Crippen molar-refractivity contribution in [1.29, 1.82) is 0 Å². The van der Waals surface area contributed by atoms with Crippen LogP contribution in [0.2, 0.25) is 0 Å². The smallest absolute Gasteiger partial charge is 0.329 e. The summed E-state index contributed by atoms with van der Waals surface area (Å²) in [5.41, 5.74) is 3.17. The maximum Gasteiger partial charge on any atom is 0.329 e. The van der Waals surface area contributed by atoms with E-state index in [2.05, 4.69) is 31.8 Å². The fraction of sp³-hybridized carbons (Fsp3) is 0.250. The fourth-order valence-electron chi connectivity index (χ4n) is 2.19. The number of phenolic OH excluding ortho intramolecular Hbond substituents is 1. The minimum absolute atomic E-state index is 0.0291. The molecule has 3 N–H and O–H groups in total. The molecule has 9 heteroatoms. The summed E-state index contributed by atoms with van der Waals surface area (Å²) >= 11 is 3.21. The number of ether oxygens (including phenoxy) is 2. The Morgan fingerprint density at radius 3 is 2.52 bits per heavy atom. The molecule has 2 aromatic carbocycles. The van der Waals surface area contributed by atoms with Gasteiger partial charge < -0.3 is 19.9 Å². The Bertz CT molecular complexity index is 884. The molecular weight excluding hydrogens is 442 g/mol. The van der Waals surface area contributed by atoms with Crippen LogP contribution in [0.5, 0.6) is 17.2 Å². The third-order valence-corrected chi connectivity index (χ3v) is 4.13. The molecule has 0 aliphatic carbocycles. The number of amides is 2. The van der Waals surface area contributed by atoms with E-state index in [1.165, 1.54) is 6.21 Å². The summed E-state index contributed by atoms with van der Waals surface area (Å²) in [5.74, 6) is -0.843. The maximum absolute atomic E-state index is 12.0. The van der Waals surface area contributed by atoms with Crippen LogP contribution in [0.25, 0.3) is 0 Å². The fourth-order valence-corrected chi connectivity index (χ4v) is 2.65. The number of carbonyl (C=O) groups is 2. The number of hydrogen-bond donors (Lipinski definition) is 3. The predicted molar refractivity (Wildman–Crippen MR) is 114 cm³/mol. The van der Waals surface area contributed by atoms with Gasteiger partial charge in [-0.15, -0.1) is 0 Å². The Balaban J connectivity index is 1.92. The van der Waals surface area contributed by atoms with Crippen LogP contribution in [0, 0.1) is 0 Å². The third-order valence-electron chi connectivity index (χ3n) is 3.52. The van der Waals surface area contributed by atoms with E-state index in [9.17, 15) is 14.7 Å². The predicted octanol–water partition coefficient (Wildman–Crippen LogP) is 3.43. The van der Waals surface area contributed by atoms with Gasteiger partial charge in [-0.3, -0.25) is 9.59 Å². The average Bonchev–Trinajstić information content (AvgIpc) is 2.71. The van der Waals surface area contributed by atoms with Crippen LogP contribution in [-0.2, 0) is 9.59 Å². The van der Waals surface area contributed by atoms with Crippen LogP contribution in [0.4, 0.5) is 5.69 Å². The monoisotopic (exact) mass is 463 g/mol. The first-order chi connectivity index (χ1) is 13.9. The number of hydrazone groups is 1. The molecule has 0 unspecified atom stereocenters. The first kappa shape index (κ1) is 22.2. The van der Waals surface area contributed by atoms with E-state index in [1.807, 2.05) is 6.92 Å². The number of hydrogen-bond acceptors (Lipinski definition) is 6. The third kappa shape index (κ3) is 6.79. The lowest BCUT2D eigenvalue weighted by molar-refractivity contribution is -0.136. The van der Waals surface area contributed by atoms with Crippen LogP contribution in [0.15, 0.2) is 46.0 Å². The Morgan fingerprint density at radius 2 is 1.86 bits per heavy atom. The van der Waals surface area contributed by atoms with Gasteiger partial charge in [0.2, 0.25) is 0 Å². The first-order valence-corrected chi connectivity index (χ1v) is 9.76. The molecule has 0 aliphatic rings. The summed E-state index contributed by atoms with van der Waals surface area (Å²) < 4.78 is 11.2. The molecule has 0 radical (unpaired) electrons. The zero-order valence-corrected chi connectivity index (χ0v) is 17.7. The van der Waals surface area contributed by atoms with E-state index in [0.29, 0.717) is 34.7 Å². The molecule has 2 aromatic rings. The second-order valence-corrected chi connectivity index (χ2v) is 6.66. The highest BCUT2D eigenvalue weighted by Crippen LogP contribution is 2.35. The number of phenols is 1. The summed E-state index contributed by atoms with van der Waals surface area (Å²) in [7, 11) is 0. The SMILES string of the molecule is CCCOc1ccc(NC(=O)C(=O)N/N=C\c2cc(Br)c(O)c(OCC)c2)cc1. The number of rotatable bonds is 8. The zero-order chi connectivity index (χ0) is 21.2. The molecule has 8 nitrogen and oxygen atoms in total. The molecule has 0 saturated heterocycles. The minimum atomic E-state index is -0.921. The van der Waals surface area contributed by atoms with Crippen molar-refractivity contribution in [3.8, 4) is 17.2 Å². The van der Waals surface area contributed by atoms with Gasteiger partial charge >= 0.3 is 11.8 Å². The summed E-state index contributed by atoms with van der Waals surface area (Å²) in [6.07, 6.45) is 2.23. The van der Waals surface area contributed by atoms with E-state index >= 15 is 0 Å². The van der Waals surface area contributed by atoms with E-state index in [0.717, 1.165) is 6.42 Å². The Hall–Kier alpha value is -3.07. The van der Waals surface area contributed by atoms with Crippen molar-refractivity contribution >= 4 is 39.6 Å². The summed E-state index contributed by atoms with van der Waals surface area (Å²) in [6, 6.07) is 9.85. The number of benzene rings is 2. The van der Waals surface area contributed by atoms with Gasteiger partial charge in [-0.05, 0) is 71.2 Å². The van der Waals surface area contributed by atoms with Crippen molar-refractivity contribution in [1.82, 2.24) is 5.43 Å². The van der Waals surface area contributed by atoms with Gasteiger partial charge in [0.1, 0.15) is 5.75 Å². The minimum Gasteiger partial charge on any atom is -0.503 e. The van der Waals surface area contributed by atoms with Crippen LogP contribution in [0.1, 0.15) is 25.8 Å². The number of anilines is 1. The lowest BCUT2D eigenvalue weighted by Gasteiger charge is -2.08. The zero-order valence-electron chi connectivity index (χ0n) is 16.1. The van der Waals surface area contributed by atoms with Crippen molar-refractivity contribution in [2.24, 2.45) is 5.10 Å². The molecule has 0 aliphatic heterocycles. The number of nitrogens with one attached hydrogen (secondary N) is 2. The lowest BCUT2D eigenvalue weighted by atomic mass is 10.2. The van der Waals surface area contributed by atoms with Crippen LogP contribution in [-0.4, -0.2) is 36.3 Å². The van der Waals surface area contributed by atoms with Gasteiger partial charge in [0.15, 0.2) is 11.5 Å². The molecule has 154 valence electrons. The molecule has 0 aromatic heterocycles. The van der Waals surface area contributed by atoms with E-state index in [1.54, 1.807) is 43.3 Å². The maximum atomic E-state index is 12.0. The lowest BCUT2D eigenvalue weighted by Crippen LogP contribution is -2.32. The van der Waals surface area contributed by atoms with Gasteiger partial charge in [-0.25, -0.2) is 5.43 Å². The topological polar surface area (TPSA) is 109 Å². The van der Waals surface area contributed by atoms with Crippen LogP contribution in [0.3, 0.4) is 0 Å². The van der Waals surface area contributed by atoms with Crippen molar-refractivity contribution < 1.29 is 24.2 Å². The van der Waals surface area contributed by atoms with Gasteiger partial charge in [0.05, 0.1) is 23.9 Å². The standard InChI is InChI=1S/C20H22BrN3O5/c1-3-9-29-15-7-5-14(6-8-15)23-19(26)20(27)24-22-12-13-10-16(21)18(25)17(11-13)28-4-2/h5-8,10-12,25H,3-4,9H2,1-2H3,(H,23,26)(H,24,27)/b22-12-. The Morgan fingerprint density at radius 1 is 1.14 bits per heavy atom. The number of halogens is 1. The van der Waals surface area contributed by atoms with E-state index < -0.39 is 11.8 Å². The van der Waals surface area contributed by atoms with Crippen molar-refractivity contribution in [3.63, 3.8) is 0 Å². The summed E-state index contributed by atoms with van der Waals surface area (Å²) in [4.78, 5) is 23.9. The molecule has 2 amide bonds. The molecule has 0 fully saturated rings. The second-order valence-electron chi connectivity index (χ2n) is 5.81. The van der Waals surface area contributed by atoms with Gasteiger partial charge in [-0.1, -0.05) is 6.92 Å². The summed E-state index contributed by atoms with van der Waals surface area (Å²) in [6.45, 7) is 4.78. The number of nitrogens with zero attached hydrogens (tertiary/aromatic N) is 1. The van der Waals surface area contributed by atoms with Gasteiger partial charge in [0, 0.05) is 5.69 Å². The normalized spacial score (nSPS) is 10.6. The molecule has 29 heavy (non-hydrogen) atoms. The highest BCUT2D eigenvalue weighted by Gasteiger charge is 2.13. The van der Waals surface area contributed by atoms with E-state index in [4.69, 9.17) is 9.47 Å². The Kier molecular flexibility index (Phi) is 8.47. The molecule has 0 spiro atoms. The molecule has 0 bridgehead atoms. The molecule has 0 heterocycles. The van der Waals surface area contributed by atoms with Crippen LogP contribution < -0.4 is 20.2 Å². The van der Waals surface area contributed by atoms with Crippen LogP contribution >= 0.6 is 15.9 Å².